The Balaban J connectivity index is 1.97. The standard InChI is InChI=1S/C19H22O2/c1-4-14(2)16-9-11-17(12-10-16)21-13-19(20)18-8-6-5-7-15(18)3/h5-12,14H,4,13H2,1-3H3. The summed E-state index contributed by atoms with van der Waals surface area (Å²) >= 11 is 0. The molecule has 0 aliphatic heterocycles. The SMILES string of the molecule is CCC(C)c1ccc(OCC(=O)c2ccccc2C)cc1. The summed E-state index contributed by atoms with van der Waals surface area (Å²) in [6.45, 7) is 6.40. The fourth-order valence-electron chi connectivity index (χ4n) is 2.24. The predicted octanol–water partition coefficient (Wildman–Crippen LogP) is 4.77. The van der Waals surface area contributed by atoms with Crippen molar-refractivity contribution in [3.8, 4) is 5.75 Å². The van der Waals surface area contributed by atoms with E-state index in [-0.39, 0.29) is 12.4 Å². The van der Waals surface area contributed by atoms with Crippen LogP contribution in [0.4, 0.5) is 0 Å². The Kier molecular flexibility index (Phi) is 5.15. The molecule has 0 amide bonds. The van der Waals surface area contributed by atoms with Gasteiger partial charge >= 0.3 is 0 Å². The molecule has 0 saturated carbocycles. The second kappa shape index (κ2) is 7.07. The third-order valence-corrected chi connectivity index (χ3v) is 3.88. The summed E-state index contributed by atoms with van der Waals surface area (Å²) in [4.78, 5) is 12.1. The molecule has 2 heteroatoms. The third kappa shape index (κ3) is 3.94. The van der Waals surface area contributed by atoms with Gasteiger partial charge in [0, 0.05) is 5.56 Å². The number of ketones is 1. The molecule has 1 unspecified atom stereocenters. The van der Waals surface area contributed by atoms with Gasteiger partial charge in [0.2, 0.25) is 0 Å². The first-order valence-electron chi connectivity index (χ1n) is 7.43. The minimum atomic E-state index is 0.0131. The number of ether oxygens (including phenoxy) is 1. The van der Waals surface area contributed by atoms with Crippen molar-refractivity contribution in [3.63, 3.8) is 0 Å². The van der Waals surface area contributed by atoms with Crippen LogP contribution in [0.3, 0.4) is 0 Å². The normalized spacial score (nSPS) is 12.0. The number of rotatable bonds is 6. The van der Waals surface area contributed by atoms with E-state index < -0.39 is 0 Å². The van der Waals surface area contributed by atoms with Crippen LogP contribution in [-0.4, -0.2) is 12.4 Å². The lowest BCUT2D eigenvalue weighted by Gasteiger charge is -2.11. The lowest BCUT2D eigenvalue weighted by atomic mass is 9.99. The maximum absolute atomic E-state index is 12.1. The summed E-state index contributed by atoms with van der Waals surface area (Å²) in [5.74, 6) is 1.30. The fourth-order valence-corrected chi connectivity index (χ4v) is 2.24. The summed E-state index contributed by atoms with van der Waals surface area (Å²) in [6, 6.07) is 15.6. The average Bonchev–Trinajstić information content (AvgIpc) is 2.52. The Labute approximate surface area is 126 Å². The van der Waals surface area contributed by atoms with Gasteiger partial charge in [-0.25, -0.2) is 0 Å². The van der Waals surface area contributed by atoms with Gasteiger partial charge in [-0.1, -0.05) is 50.2 Å². The van der Waals surface area contributed by atoms with Crippen molar-refractivity contribution in [1.82, 2.24) is 0 Å². The Bertz CT molecular complexity index is 599. The lowest BCUT2D eigenvalue weighted by molar-refractivity contribution is 0.0921. The fraction of sp³-hybridized carbons (Fsp3) is 0.316. The molecule has 0 spiro atoms. The van der Waals surface area contributed by atoms with Crippen LogP contribution >= 0.6 is 0 Å². The highest BCUT2D eigenvalue weighted by molar-refractivity contribution is 5.98. The zero-order valence-electron chi connectivity index (χ0n) is 12.9. The van der Waals surface area contributed by atoms with Crippen molar-refractivity contribution in [2.45, 2.75) is 33.1 Å². The van der Waals surface area contributed by atoms with Gasteiger partial charge in [-0.3, -0.25) is 4.79 Å². The van der Waals surface area contributed by atoms with Crippen LogP contribution in [-0.2, 0) is 0 Å². The first-order valence-corrected chi connectivity index (χ1v) is 7.43. The number of Topliss-reactive ketones (excluding diaryl/α,β-unsaturated/α-hetero) is 1. The quantitative estimate of drug-likeness (QED) is 0.713. The Morgan fingerprint density at radius 3 is 2.38 bits per heavy atom. The summed E-state index contributed by atoms with van der Waals surface area (Å²) < 4.78 is 5.60. The molecule has 2 nitrogen and oxygen atoms in total. The second-order valence-electron chi connectivity index (χ2n) is 5.41. The summed E-state index contributed by atoms with van der Waals surface area (Å²) in [6.07, 6.45) is 1.12. The van der Waals surface area contributed by atoms with Crippen LogP contribution in [0.1, 0.15) is 47.7 Å². The average molecular weight is 282 g/mol. The molecule has 0 fully saturated rings. The Hall–Kier alpha value is -2.09. The number of benzene rings is 2. The zero-order valence-corrected chi connectivity index (χ0v) is 12.9. The number of carbonyl (C=O) groups excluding carboxylic acids is 1. The van der Waals surface area contributed by atoms with Crippen LogP contribution in [0.5, 0.6) is 5.75 Å². The molecule has 0 radical (unpaired) electrons. The maximum Gasteiger partial charge on any atom is 0.200 e. The molecule has 2 aromatic rings. The van der Waals surface area contributed by atoms with Crippen molar-refractivity contribution in [2.75, 3.05) is 6.61 Å². The minimum absolute atomic E-state index is 0.0131. The van der Waals surface area contributed by atoms with Crippen molar-refractivity contribution < 1.29 is 9.53 Å². The van der Waals surface area contributed by atoms with Gasteiger partial charge in [0.1, 0.15) is 5.75 Å². The van der Waals surface area contributed by atoms with Gasteiger partial charge in [-0.05, 0) is 42.5 Å². The highest BCUT2D eigenvalue weighted by atomic mass is 16.5. The zero-order chi connectivity index (χ0) is 15.2. The first kappa shape index (κ1) is 15.3. The molecule has 1 atom stereocenters. The summed E-state index contributed by atoms with van der Waals surface area (Å²) in [5, 5.41) is 0. The molecule has 0 aliphatic carbocycles. The molecule has 2 aromatic carbocycles. The molecule has 0 aromatic heterocycles. The van der Waals surface area contributed by atoms with Gasteiger partial charge in [-0.15, -0.1) is 0 Å². The molecule has 110 valence electrons. The van der Waals surface area contributed by atoms with Crippen molar-refractivity contribution in [2.24, 2.45) is 0 Å². The lowest BCUT2D eigenvalue weighted by Crippen LogP contribution is -2.12. The minimum Gasteiger partial charge on any atom is -0.485 e. The number of aryl methyl sites for hydroxylation is 1. The maximum atomic E-state index is 12.1. The molecule has 21 heavy (non-hydrogen) atoms. The van der Waals surface area contributed by atoms with E-state index in [0.717, 1.165) is 23.3 Å². The number of hydrogen-bond acceptors (Lipinski definition) is 2. The van der Waals surface area contributed by atoms with E-state index in [0.29, 0.717) is 5.92 Å². The Morgan fingerprint density at radius 2 is 1.76 bits per heavy atom. The monoisotopic (exact) mass is 282 g/mol. The van der Waals surface area contributed by atoms with Crippen LogP contribution in [0.25, 0.3) is 0 Å². The van der Waals surface area contributed by atoms with E-state index in [2.05, 4.69) is 26.0 Å². The van der Waals surface area contributed by atoms with Gasteiger partial charge in [0.25, 0.3) is 0 Å². The molecule has 0 bridgehead atoms. The number of carbonyl (C=O) groups is 1. The van der Waals surface area contributed by atoms with Crippen molar-refractivity contribution >= 4 is 5.78 Å². The molecule has 0 heterocycles. The second-order valence-corrected chi connectivity index (χ2v) is 5.41. The molecular formula is C19H22O2. The van der Waals surface area contributed by atoms with E-state index in [4.69, 9.17) is 4.74 Å². The van der Waals surface area contributed by atoms with Gasteiger partial charge < -0.3 is 4.74 Å². The summed E-state index contributed by atoms with van der Waals surface area (Å²) in [7, 11) is 0. The van der Waals surface area contributed by atoms with E-state index >= 15 is 0 Å². The van der Waals surface area contributed by atoms with E-state index in [1.807, 2.05) is 43.3 Å². The van der Waals surface area contributed by atoms with Gasteiger partial charge in [0.05, 0.1) is 0 Å². The van der Waals surface area contributed by atoms with Gasteiger partial charge in [0.15, 0.2) is 12.4 Å². The van der Waals surface area contributed by atoms with Crippen molar-refractivity contribution in [3.05, 3.63) is 65.2 Å². The van der Waals surface area contributed by atoms with Crippen molar-refractivity contribution in [1.29, 1.82) is 0 Å². The molecule has 0 saturated heterocycles. The first-order chi connectivity index (χ1) is 10.1. The predicted molar refractivity (Wildman–Crippen MR) is 86.2 cm³/mol. The van der Waals surface area contributed by atoms with Crippen LogP contribution in [0, 0.1) is 6.92 Å². The topological polar surface area (TPSA) is 26.3 Å². The van der Waals surface area contributed by atoms with Crippen LogP contribution < -0.4 is 4.74 Å². The van der Waals surface area contributed by atoms with E-state index in [1.165, 1.54) is 5.56 Å². The molecule has 2 rings (SSSR count). The largest absolute Gasteiger partial charge is 0.485 e. The van der Waals surface area contributed by atoms with Crippen LogP contribution in [0.15, 0.2) is 48.5 Å². The third-order valence-electron chi connectivity index (χ3n) is 3.88. The Morgan fingerprint density at radius 1 is 1.10 bits per heavy atom. The van der Waals surface area contributed by atoms with Crippen LogP contribution in [0.2, 0.25) is 0 Å². The molecular weight excluding hydrogens is 260 g/mol. The smallest absolute Gasteiger partial charge is 0.200 e. The van der Waals surface area contributed by atoms with E-state index in [1.54, 1.807) is 0 Å². The molecule has 0 aliphatic rings. The number of hydrogen-bond donors (Lipinski definition) is 0. The van der Waals surface area contributed by atoms with Gasteiger partial charge in [-0.2, -0.15) is 0 Å². The summed E-state index contributed by atoms with van der Waals surface area (Å²) in [5.41, 5.74) is 3.02. The van der Waals surface area contributed by atoms with E-state index in [9.17, 15) is 4.79 Å². The highest BCUT2D eigenvalue weighted by Gasteiger charge is 2.09. The molecule has 0 N–H and O–H groups in total. The highest BCUT2D eigenvalue weighted by Crippen LogP contribution is 2.21.